The van der Waals surface area contributed by atoms with Crippen molar-refractivity contribution in [1.29, 1.82) is 0 Å². The van der Waals surface area contributed by atoms with E-state index in [2.05, 4.69) is 30.6 Å². The normalized spacial score (nSPS) is 10.6. The lowest BCUT2D eigenvalue weighted by Gasteiger charge is -2.12. The van der Waals surface area contributed by atoms with Crippen molar-refractivity contribution in [2.45, 2.75) is 6.92 Å². The van der Waals surface area contributed by atoms with E-state index in [0.717, 1.165) is 5.56 Å². The molecule has 0 spiro atoms. The number of nitrogens with one attached hydrogen (secondary N) is 2. The topological polar surface area (TPSA) is 184 Å². The minimum absolute atomic E-state index is 0.171. The van der Waals surface area contributed by atoms with Gasteiger partial charge < -0.3 is 25.5 Å². The molecule has 0 amide bonds. The molecule has 1 aromatic carbocycles. The van der Waals surface area contributed by atoms with Crippen molar-refractivity contribution in [3.63, 3.8) is 0 Å². The smallest absolute Gasteiger partial charge is 0.341 e. The number of pyridine rings is 1. The van der Waals surface area contributed by atoms with E-state index in [1.807, 2.05) is 24.3 Å². The summed E-state index contributed by atoms with van der Waals surface area (Å²) in [6.07, 6.45) is 4.38. The fourth-order valence-electron chi connectivity index (χ4n) is 3.28. The van der Waals surface area contributed by atoms with Gasteiger partial charge in [-0.05, 0) is 13.0 Å². The van der Waals surface area contributed by atoms with Gasteiger partial charge in [0.15, 0.2) is 12.2 Å². The van der Waals surface area contributed by atoms with E-state index in [4.69, 9.17) is 14.9 Å². The number of ether oxygens (including phenoxy) is 1. The number of aromatic nitrogens is 4. The first-order chi connectivity index (χ1) is 17.5. The third-order valence-corrected chi connectivity index (χ3v) is 4.97. The van der Waals surface area contributed by atoms with Crippen molar-refractivity contribution in [3.8, 4) is 22.6 Å². The number of anilines is 3. The van der Waals surface area contributed by atoms with Crippen LogP contribution in [0.1, 0.15) is 17.3 Å². The lowest BCUT2D eigenvalue weighted by Crippen LogP contribution is -2.17. The zero-order chi connectivity index (χ0) is 25.5. The molecular weight excluding hydrogens is 468 g/mol. The molecule has 0 radical (unpaired) electrons. The van der Waals surface area contributed by atoms with Crippen LogP contribution in [-0.2, 0) is 4.74 Å². The van der Waals surface area contributed by atoms with Crippen molar-refractivity contribution in [2.24, 2.45) is 0 Å². The standard InChI is InChI=1S/C23H22N8O5/c1-2-35-22(32)16-11-28-23(27-10-9-26-19-8-7-17(31(33)34)21(24)29-19)30-20(16)15-5-3-14(4-6-15)18-12-25-13-36-18/h3-8,11-13H,2,9-10H2,1H3,(H3,24,26,29)(H,27,28,30). The maximum absolute atomic E-state index is 12.5. The summed E-state index contributed by atoms with van der Waals surface area (Å²) in [7, 11) is 0. The van der Waals surface area contributed by atoms with E-state index < -0.39 is 10.9 Å². The Balaban J connectivity index is 1.47. The minimum atomic E-state index is -0.593. The molecule has 13 heteroatoms. The molecule has 4 aromatic rings. The summed E-state index contributed by atoms with van der Waals surface area (Å²) in [6.45, 7) is 2.73. The lowest BCUT2D eigenvalue weighted by molar-refractivity contribution is -0.384. The van der Waals surface area contributed by atoms with Crippen molar-refractivity contribution in [2.75, 3.05) is 36.1 Å². The second kappa shape index (κ2) is 10.9. The molecule has 36 heavy (non-hydrogen) atoms. The summed E-state index contributed by atoms with van der Waals surface area (Å²) >= 11 is 0. The molecule has 4 rings (SSSR count). The second-order valence-corrected chi connectivity index (χ2v) is 7.33. The van der Waals surface area contributed by atoms with Gasteiger partial charge in [0.05, 0.1) is 23.4 Å². The van der Waals surface area contributed by atoms with E-state index >= 15 is 0 Å². The summed E-state index contributed by atoms with van der Waals surface area (Å²) in [5.41, 5.74) is 7.52. The van der Waals surface area contributed by atoms with Crippen LogP contribution in [0, 0.1) is 10.1 Å². The highest BCUT2D eigenvalue weighted by atomic mass is 16.6. The molecule has 0 saturated carbocycles. The SMILES string of the molecule is CCOC(=O)c1cnc(NCCNc2ccc([N+](=O)[O-])c(N)n2)nc1-c1ccc(-c2cnco2)cc1. The maximum atomic E-state index is 12.5. The molecule has 3 heterocycles. The third kappa shape index (κ3) is 5.52. The molecule has 0 aliphatic heterocycles. The number of oxazole rings is 1. The zero-order valence-corrected chi connectivity index (χ0v) is 19.2. The molecule has 0 aliphatic carbocycles. The monoisotopic (exact) mass is 490 g/mol. The highest BCUT2D eigenvalue weighted by Gasteiger charge is 2.18. The number of hydrogen-bond acceptors (Lipinski definition) is 12. The van der Waals surface area contributed by atoms with Gasteiger partial charge in [0.1, 0.15) is 11.4 Å². The average Bonchev–Trinajstić information content (AvgIpc) is 3.42. The molecule has 0 aliphatic rings. The van der Waals surface area contributed by atoms with E-state index in [0.29, 0.717) is 41.9 Å². The zero-order valence-electron chi connectivity index (χ0n) is 19.2. The quantitative estimate of drug-likeness (QED) is 0.128. The van der Waals surface area contributed by atoms with Crippen LogP contribution < -0.4 is 16.4 Å². The summed E-state index contributed by atoms with van der Waals surface area (Å²) in [4.78, 5) is 39.4. The second-order valence-electron chi connectivity index (χ2n) is 7.33. The number of nitro groups is 1. The first kappa shape index (κ1) is 24.1. The van der Waals surface area contributed by atoms with Crippen LogP contribution in [0.2, 0.25) is 0 Å². The Labute approximate surface area is 204 Å². The highest BCUT2D eigenvalue weighted by Crippen LogP contribution is 2.27. The van der Waals surface area contributed by atoms with Gasteiger partial charge in [-0.15, -0.1) is 0 Å². The summed E-state index contributed by atoms with van der Waals surface area (Å²) in [6, 6.07) is 10.1. The number of benzene rings is 1. The predicted octanol–water partition coefficient (Wildman–Crippen LogP) is 3.38. The van der Waals surface area contributed by atoms with E-state index in [-0.39, 0.29) is 23.7 Å². The Bertz CT molecular complexity index is 1360. The van der Waals surface area contributed by atoms with Crippen LogP contribution in [0.3, 0.4) is 0 Å². The summed E-state index contributed by atoms with van der Waals surface area (Å²) in [5.74, 6) is 0.618. The Morgan fingerprint density at radius 2 is 1.83 bits per heavy atom. The summed E-state index contributed by atoms with van der Waals surface area (Å²) < 4.78 is 10.5. The molecule has 0 atom stereocenters. The van der Waals surface area contributed by atoms with Gasteiger partial charge in [-0.2, -0.15) is 0 Å². The van der Waals surface area contributed by atoms with Crippen molar-refractivity contribution in [3.05, 3.63) is 70.9 Å². The van der Waals surface area contributed by atoms with Crippen LogP contribution in [0.15, 0.2) is 59.6 Å². The Morgan fingerprint density at radius 1 is 1.08 bits per heavy atom. The Kier molecular flexibility index (Phi) is 7.29. The fourth-order valence-corrected chi connectivity index (χ4v) is 3.28. The predicted molar refractivity (Wildman–Crippen MR) is 131 cm³/mol. The van der Waals surface area contributed by atoms with Crippen LogP contribution in [0.25, 0.3) is 22.6 Å². The molecule has 184 valence electrons. The molecule has 0 unspecified atom stereocenters. The van der Waals surface area contributed by atoms with E-state index in [1.54, 1.807) is 13.1 Å². The van der Waals surface area contributed by atoms with Gasteiger partial charge in [-0.25, -0.2) is 24.7 Å². The number of carbonyl (C=O) groups is 1. The highest BCUT2D eigenvalue weighted by molar-refractivity contribution is 5.96. The largest absolute Gasteiger partial charge is 0.462 e. The fraction of sp³-hybridized carbons (Fsp3) is 0.174. The van der Waals surface area contributed by atoms with Gasteiger partial charge in [-0.1, -0.05) is 24.3 Å². The molecular formula is C23H22N8O5. The number of esters is 1. The van der Waals surface area contributed by atoms with Gasteiger partial charge in [0.25, 0.3) is 0 Å². The van der Waals surface area contributed by atoms with Gasteiger partial charge >= 0.3 is 11.7 Å². The molecule has 0 saturated heterocycles. The number of nitrogens with zero attached hydrogens (tertiary/aromatic N) is 5. The number of nitrogens with two attached hydrogens (primary N) is 1. The number of hydrogen-bond donors (Lipinski definition) is 3. The molecule has 3 aromatic heterocycles. The molecule has 4 N–H and O–H groups in total. The van der Waals surface area contributed by atoms with Crippen molar-refractivity contribution in [1.82, 2.24) is 19.9 Å². The summed E-state index contributed by atoms with van der Waals surface area (Å²) in [5, 5.41) is 16.9. The van der Waals surface area contributed by atoms with Gasteiger partial charge in [0.2, 0.25) is 11.8 Å². The van der Waals surface area contributed by atoms with Crippen LogP contribution in [0.4, 0.5) is 23.3 Å². The molecule has 0 fully saturated rings. The van der Waals surface area contributed by atoms with Gasteiger partial charge in [0, 0.05) is 36.5 Å². The molecule has 0 bridgehead atoms. The first-order valence-corrected chi connectivity index (χ1v) is 10.9. The number of rotatable bonds is 10. The van der Waals surface area contributed by atoms with Crippen LogP contribution >= 0.6 is 0 Å². The van der Waals surface area contributed by atoms with Crippen LogP contribution in [-0.4, -0.2) is 50.5 Å². The number of nitrogen functional groups attached to an aromatic ring is 1. The van der Waals surface area contributed by atoms with Crippen molar-refractivity contribution < 1.29 is 18.9 Å². The van der Waals surface area contributed by atoms with E-state index in [1.165, 1.54) is 24.7 Å². The average molecular weight is 490 g/mol. The third-order valence-electron chi connectivity index (χ3n) is 4.97. The molecule has 13 nitrogen and oxygen atoms in total. The lowest BCUT2D eigenvalue weighted by atomic mass is 10.0. The van der Waals surface area contributed by atoms with Gasteiger partial charge in [-0.3, -0.25) is 10.1 Å². The Morgan fingerprint density at radius 3 is 2.50 bits per heavy atom. The minimum Gasteiger partial charge on any atom is -0.462 e. The maximum Gasteiger partial charge on any atom is 0.341 e. The first-order valence-electron chi connectivity index (χ1n) is 10.9. The van der Waals surface area contributed by atoms with E-state index in [9.17, 15) is 14.9 Å². The van der Waals surface area contributed by atoms with Crippen molar-refractivity contribution >= 4 is 29.2 Å². The van der Waals surface area contributed by atoms with Crippen LogP contribution in [0.5, 0.6) is 0 Å². The number of carbonyl (C=O) groups excluding carboxylic acids is 1. The Hall–Kier alpha value is -5.07.